The van der Waals surface area contributed by atoms with Gasteiger partial charge in [-0.1, -0.05) is 68.8 Å². The molecule has 3 aromatic heterocycles. The fraction of sp³-hybridized carbons (Fsp3) is 0.208. The van der Waals surface area contributed by atoms with Crippen LogP contribution in [-0.4, -0.2) is 25.7 Å². The van der Waals surface area contributed by atoms with Gasteiger partial charge < -0.3 is 5.11 Å². The molecule has 6 heteroatoms. The first kappa shape index (κ1) is 20.1. The van der Waals surface area contributed by atoms with Crippen molar-refractivity contribution in [1.29, 1.82) is 0 Å². The van der Waals surface area contributed by atoms with E-state index in [1.807, 2.05) is 75.4 Å². The molecule has 1 N–H and O–H groups in total. The average Bonchev–Trinajstić information content (AvgIpc) is 3.05. The monoisotopic (exact) mass is 419 g/mol. The Balaban J connectivity index is 1.86. The van der Waals surface area contributed by atoms with Gasteiger partial charge in [0.2, 0.25) is 0 Å². The van der Waals surface area contributed by atoms with E-state index in [-0.39, 0.29) is 11.1 Å². The Hall–Kier alpha value is -3.18. The summed E-state index contributed by atoms with van der Waals surface area (Å²) >= 11 is 6.16. The first-order chi connectivity index (χ1) is 14.2. The summed E-state index contributed by atoms with van der Waals surface area (Å²) in [7, 11) is 0. The van der Waals surface area contributed by atoms with Crippen molar-refractivity contribution in [2.75, 3.05) is 0 Å². The van der Waals surface area contributed by atoms with Gasteiger partial charge in [-0.2, -0.15) is 5.10 Å². The molecule has 0 aliphatic rings. The third-order valence-corrected chi connectivity index (χ3v) is 5.29. The normalized spacial score (nSPS) is 11.7. The zero-order valence-electron chi connectivity index (χ0n) is 17.1. The highest BCUT2D eigenvalue weighted by Crippen LogP contribution is 2.30. The van der Waals surface area contributed by atoms with E-state index in [9.17, 15) is 9.90 Å². The maximum atomic E-state index is 11.9. The summed E-state index contributed by atoms with van der Waals surface area (Å²) in [5, 5.41) is 15.1. The SMILES string of the molecule is CC(C)(C)c1ccc(Cc2c(-c3ccccc3)nn3cc(Cl)ccc23)nc1C(=O)O. The Kier molecular flexibility index (Phi) is 5.08. The fourth-order valence-corrected chi connectivity index (χ4v) is 3.78. The van der Waals surface area contributed by atoms with Crippen molar-refractivity contribution < 1.29 is 9.90 Å². The number of aromatic nitrogens is 3. The number of pyridine rings is 2. The summed E-state index contributed by atoms with van der Waals surface area (Å²) in [6, 6.07) is 17.4. The van der Waals surface area contributed by atoms with Gasteiger partial charge in [-0.3, -0.25) is 0 Å². The number of carboxylic acid groups (broad SMARTS) is 1. The summed E-state index contributed by atoms with van der Waals surface area (Å²) < 4.78 is 1.77. The first-order valence-corrected chi connectivity index (χ1v) is 10.1. The molecule has 0 atom stereocenters. The van der Waals surface area contributed by atoms with E-state index in [1.165, 1.54) is 0 Å². The van der Waals surface area contributed by atoms with Crippen molar-refractivity contribution >= 4 is 23.1 Å². The number of benzene rings is 1. The molecule has 1 aromatic carbocycles. The molecule has 0 radical (unpaired) electrons. The number of rotatable bonds is 4. The second kappa shape index (κ2) is 7.58. The van der Waals surface area contributed by atoms with Crippen LogP contribution in [0.25, 0.3) is 16.8 Å². The number of carboxylic acids is 1. The van der Waals surface area contributed by atoms with Crippen LogP contribution in [0.3, 0.4) is 0 Å². The lowest BCUT2D eigenvalue weighted by molar-refractivity contribution is 0.0687. The van der Waals surface area contributed by atoms with E-state index in [4.69, 9.17) is 16.7 Å². The summed E-state index contributed by atoms with van der Waals surface area (Å²) in [6.45, 7) is 5.95. The van der Waals surface area contributed by atoms with Gasteiger partial charge in [0.1, 0.15) is 0 Å². The minimum absolute atomic E-state index is 0.0979. The largest absolute Gasteiger partial charge is 0.477 e. The predicted octanol–water partition coefficient (Wildman–Crippen LogP) is 5.64. The van der Waals surface area contributed by atoms with Crippen molar-refractivity contribution in [3.63, 3.8) is 0 Å². The molecule has 0 spiro atoms. The second-order valence-corrected chi connectivity index (χ2v) is 8.74. The number of hydrogen-bond donors (Lipinski definition) is 1. The molecule has 0 saturated carbocycles. The van der Waals surface area contributed by atoms with Crippen LogP contribution in [-0.2, 0) is 11.8 Å². The molecule has 0 unspecified atom stereocenters. The molecule has 30 heavy (non-hydrogen) atoms. The summed E-state index contributed by atoms with van der Waals surface area (Å²) in [5.41, 5.74) is 4.89. The molecule has 0 fully saturated rings. The summed E-state index contributed by atoms with van der Waals surface area (Å²) in [4.78, 5) is 16.4. The molecule has 4 rings (SSSR count). The minimum Gasteiger partial charge on any atom is -0.477 e. The van der Waals surface area contributed by atoms with Crippen molar-refractivity contribution in [1.82, 2.24) is 14.6 Å². The highest BCUT2D eigenvalue weighted by atomic mass is 35.5. The molecular weight excluding hydrogens is 398 g/mol. The molecule has 0 amide bonds. The predicted molar refractivity (Wildman–Crippen MR) is 118 cm³/mol. The van der Waals surface area contributed by atoms with E-state index in [2.05, 4.69) is 4.98 Å². The lowest BCUT2D eigenvalue weighted by Gasteiger charge is -2.21. The van der Waals surface area contributed by atoms with Crippen LogP contribution in [0.1, 0.15) is 48.1 Å². The van der Waals surface area contributed by atoms with Gasteiger partial charge in [0.15, 0.2) is 5.69 Å². The standard InChI is InChI=1S/C24H22ClN3O2/c1-24(2,3)19-11-10-17(26-22(19)23(29)30)13-18-20-12-9-16(25)14-28(20)27-21(18)15-7-5-4-6-8-15/h4-12,14H,13H2,1-3H3,(H,29,30). The molecule has 5 nitrogen and oxygen atoms in total. The molecule has 4 aromatic rings. The van der Waals surface area contributed by atoms with Gasteiger partial charge in [-0.05, 0) is 29.2 Å². The second-order valence-electron chi connectivity index (χ2n) is 8.30. The molecule has 0 aliphatic heterocycles. The van der Waals surface area contributed by atoms with Gasteiger partial charge in [-0.15, -0.1) is 0 Å². The smallest absolute Gasteiger partial charge is 0.354 e. The zero-order chi connectivity index (χ0) is 21.5. The van der Waals surface area contributed by atoms with Crippen LogP contribution in [0.2, 0.25) is 5.02 Å². The lowest BCUT2D eigenvalue weighted by atomic mass is 9.85. The Morgan fingerprint density at radius 1 is 1.07 bits per heavy atom. The molecule has 0 aliphatic carbocycles. The molecule has 0 saturated heterocycles. The summed E-state index contributed by atoms with van der Waals surface area (Å²) in [5.74, 6) is -1.02. The zero-order valence-corrected chi connectivity index (χ0v) is 17.8. The van der Waals surface area contributed by atoms with Crippen molar-refractivity contribution in [2.24, 2.45) is 0 Å². The van der Waals surface area contributed by atoms with Crippen molar-refractivity contribution in [3.8, 4) is 11.3 Å². The molecule has 0 bridgehead atoms. The van der Waals surface area contributed by atoms with Gasteiger partial charge in [0.25, 0.3) is 0 Å². The summed E-state index contributed by atoms with van der Waals surface area (Å²) in [6.07, 6.45) is 2.23. The van der Waals surface area contributed by atoms with Gasteiger partial charge >= 0.3 is 5.97 Å². The van der Waals surface area contributed by atoms with Gasteiger partial charge in [-0.25, -0.2) is 14.3 Å². The number of aromatic carboxylic acids is 1. The molecular formula is C24H22ClN3O2. The molecule has 152 valence electrons. The maximum absolute atomic E-state index is 11.9. The lowest BCUT2D eigenvalue weighted by Crippen LogP contribution is -2.19. The fourth-order valence-electron chi connectivity index (χ4n) is 3.62. The number of carbonyl (C=O) groups is 1. The van der Waals surface area contributed by atoms with Crippen LogP contribution in [0.15, 0.2) is 60.8 Å². The highest BCUT2D eigenvalue weighted by Gasteiger charge is 2.24. The Morgan fingerprint density at radius 2 is 1.80 bits per heavy atom. The van der Waals surface area contributed by atoms with Crippen LogP contribution < -0.4 is 0 Å². The van der Waals surface area contributed by atoms with E-state index in [0.29, 0.717) is 22.7 Å². The minimum atomic E-state index is -1.02. The van der Waals surface area contributed by atoms with Crippen LogP contribution in [0, 0.1) is 0 Å². The van der Waals surface area contributed by atoms with E-state index < -0.39 is 5.97 Å². The first-order valence-electron chi connectivity index (χ1n) is 9.70. The van der Waals surface area contributed by atoms with Crippen molar-refractivity contribution in [2.45, 2.75) is 32.6 Å². The van der Waals surface area contributed by atoms with E-state index >= 15 is 0 Å². The molecule has 3 heterocycles. The average molecular weight is 420 g/mol. The van der Waals surface area contributed by atoms with Gasteiger partial charge in [0, 0.05) is 29.4 Å². The van der Waals surface area contributed by atoms with Crippen LogP contribution in [0.4, 0.5) is 0 Å². The maximum Gasteiger partial charge on any atom is 0.354 e. The quantitative estimate of drug-likeness (QED) is 0.465. The number of fused-ring (bicyclic) bond motifs is 1. The van der Waals surface area contributed by atoms with Crippen molar-refractivity contribution in [3.05, 3.63) is 88.3 Å². The third-order valence-electron chi connectivity index (χ3n) is 5.06. The Bertz CT molecular complexity index is 1240. The van der Waals surface area contributed by atoms with Crippen LogP contribution in [0.5, 0.6) is 0 Å². The highest BCUT2D eigenvalue weighted by molar-refractivity contribution is 6.30. The number of hydrogen-bond acceptors (Lipinski definition) is 3. The topological polar surface area (TPSA) is 67.5 Å². The van der Waals surface area contributed by atoms with E-state index in [0.717, 1.165) is 22.3 Å². The van der Waals surface area contributed by atoms with E-state index in [1.54, 1.807) is 10.7 Å². The Labute approximate surface area is 180 Å². The van der Waals surface area contributed by atoms with Gasteiger partial charge in [0.05, 0.1) is 16.2 Å². The number of halogens is 1. The Morgan fingerprint density at radius 3 is 2.47 bits per heavy atom. The van der Waals surface area contributed by atoms with Crippen LogP contribution >= 0.6 is 11.6 Å². The third kappa shape index (κ3) is 3.81. The number of nitrogens with zero attached hydrogens (tertiary/aromatic N) is 3.